The fourth-order valence-corrected chi connectivity index (χ4v) is 3.57. The van der Waals surface area contributed by atoms with E-state index in [0.717, 1.165) is 21.9 Å². The number of nitrogens with one attached hydrogen (secondary N) is 1. The van der Waals surface area contributed by atoms with E-state index in [2.05, 4.69) is 10.3 Å². The van der Waals surface area contributed by atoms with Crippen LogP contribution in [0.25, 0.3) is 21.7 Å². The fraction of sp³-hybridized carbons (Fsp3) is 0.263. The number of hydrogen-bond donors (Lipinski definition) is 2. The molecule has 0 spiro atoms. The summed E-state index contributed by atoms with van der Waals surface area (Å²) < 4.78 is 0. The molecule has 5 heteroatoms. The van der Waals surface area contributed by atoms with Crippen LogP contribution < -0.4 is 5.32 Å². The summed E-state index contributed by atoms with van der Waals surface area (Å²) in [7, 11) is 0. The normalized spacial score (nSPS) is 12.4. The molecular weight excluding hydrogens is 320 g/mol. The number of amides is 1. The molecule has 3 aromatic rings. The summed E-state index contributed by atoms with van der Waals surface area (Å²) in [4.78, 5) is 17.3. The number of aliphatic hydroxyl groups is 1. The topological polar surface area (TPSA) is 62.2 Å². The molecule has 0 radical (unpaired) electrons. The van der Waals surface area contributed by atoms with Crippen LogP contribution in [-0.4, -0.2) is 40.7 Å². The minimum atomic E-state index is -0.142. The van der Waals surface area contributed by atoms with Crippen LogP contribution in [0.4, 0.5) is 0 Å². The van der Waals surface area contributed by atoms with Crippen molar-refractivity contribution in [2.75, 3.05) is 18.6 Å². The van der Waals surface area contributed by atoms with Crippen molar-refractivity contribution in [2.24, 2.45) is 0 Å². The summed E-state index contributed by atoms with van der Waals surface area (Å²) in [6, 6.07) is 13.7. The highest BCUT2D eigenvalue weighted by Crippen LogP contribution is 2.27. The molecule has 2 N–H and O–H groups in total. The van der Waals surface area contributed by atoms with Crippen LogP contribution in [0, 0.1) is 0 Å². The maximum absolute atomic E-state index is 12.8. The number of thioether (sulfide) groups is 1. The highest BCUT2D eigenvalue weighted by Gasteiger charge is 2.17. The van der Waals surface area contributed by atoms with Gasteiger partial charge in [-0.1, -0.05) is 30.3 Å². The van der Waals surface area contributed by atoms with Crippen molar-refractivity contribution in [3.63, 3.8) is 0 Å². The predicted molar refractivity (Wildman–Crippen MR) is 101 cm³/mol. The molecule has 0 aliphatic heterocycles. The van der Waals surface area contributed by atoms with Crippen LogP contribution in [-0.2, 0) is 0 Å². The molecule has 1 atom stereocenters. The van der Waals surface area contributed by atoms with Crippen LogP contribution in [0.3, 0.4) is 0 Å². The Morgan fingerprint density at radius 3 is 2.83 bits per heavy atom. The van der Waals surface area contributed by atoms with E-state index >= 15 is 0 Å². The maximum Gasteiger partial charge on any atom is 0.253 e. The number of nitrogens with zero attached hydrogens (tertiary/aromatic N) is 1. The first-order valence-corrected chi connectivity index (χ1v) is 9.31. The van der Waals surface area contributed by atoms with Crippen molar-refractivity contribution in [2.45, 2.75) is 12.5 Å². The predicted octanol–water partition coefficient (Wildman–Crippen LogP) is 3.23. The largest absolute Gasteiger partial charge is 0.396 e. The lowest BCUT2D eigenvalue weighted by molar-refractivity contribution is 0.0937. The second kappa shape index (κ2) is 7.64. The van der Waals surface area contributed by atoms with E-state index in [4.69, 9.17) is 0 Å². The lowest BCUT2D eigenvalue weighted by Gasteiger charge is -2.17. The molecule has 0 saturated heterocycles. The Morgan fingerprint density at radius 1 is 1.25 bits per heavy atom. The minimum Gasteiger partial charge on any atom is -0.396 e. The Bertz CT molecular complexity index is 860. The smallest absolute Gasteiger partial charge is 0.253 e. The van der Waals surface area contributed by atoms with Gasteiger partial charge in [-0.15, -0.1) is 0 Å². The number of benzene rings is 2. The molecule has 0 saturated carbocycles. The summed E-state index contributed by atoms with van der Waals surface area (Å²) in [5.41, 5.74) is 1.29. The van der Waals surface area contributed by atoms with Crippen molar-refractivity contribution in [1.29, 1.82) is 0 Å². The third-order valence-electron chi connectivity index (χ3n) is 4.04. The Hall–Kier alpha value is -2.11. The van der Waals surface area contributed by atoms with Crippen LogP contribution in [0.15, 0.2) is 48.7 Å². The first-order valence-electron chi connectivity index (χ1n) is 7.91. The molecule has 3 rings (SSSR count). The van der Waals surface area contributed by atoms with Gasteiger partial charge in [-0.3, -0.25) is 9.78 Å². The van der Waals surface area contributed by atoms with Crippen LogP contribution in [0.5, 0.6) is 0 Å². The maximum atomic E-state index is 12.8. The third kappa shape index (κ3) is 3.37. The van der Waals surface area contributed by atoms with Gasteiger partial charge in [-0.2, -0.15) is 11.8 Å². The summed E-state index contributed by atoms with van der Waals surface area (Å²) >= 11 is 1.65. The molecule has 0 bridgehead atoms. The molecule has 0 aliphatic carbocycles. The number of carbonyl (C=O) groups excluding carboxylic acids is 1. The second-order valence-electron chi connectivity index (χ2n) is 5.68. The second-order valence-corrected chi connectivity index (χ2v) is 6.59. The molecule has 124 valence electrons. The molecule has 0 fully saturated rings. The van der Waals surface area contributed by atoms with E-state index in [0.29, 0.717) is 17.5 Å². The SMILES string of the molecule is CSCC(CCO)NC(=O)c1cc2ccccc2c2cccnc12. The van der Waals surface area contributed by atoms with Gasteiger partial charge in [0.15, 0.2) is 0 Å². The zero-order valence-corrected chi connectivity index (χ0v) is 14.3. The van der Waals surface area contributed by atoms with Crippen LogP contribution in [0.1, 0.15) is 16.8 Å². The average molecular weight is 340 g/mol. The average Bonchev–Trinajstić information content (AvgIpc) is 2.61. The first-order chi connectivity index (χ1) is 11.7. The Labute approximate surface area is 145 Å². The van der Waals surface area contributed by atoms with Crippen molar-refractivity contribution in [3.8, 4) is 0 Å². The van der Waals surface area contributed by atoms with Crippen LogP contribution >= 0.6 is 11.8 Å². The van der Waals surface area contributed by atoms with E-state index in [1.807, 2.05) is 48.7 Å². The molecule has 1 heterocycles. The Balaban J connectivity index is 2.05. The molecular formula is C19H20N2O2S. The van der Waals surface area contributed by atoms with E-state index in [1.165, 1.54) is 0 Å². The van der Waals surface area contributed by atoms with Crippen molar-refractivity contribution < 1.29 is 9.90 Å². The fourth-order valence-electron chi connectivity index (χ4n) is 2.92. The number of pyridine rings is 1. The van der Waals surface area contributed by atoms with Gasteiger partial charge in [0, 0.05) is 30.0 Å². The number of fused-ring (bicyclic) bond motifs is 3. The van der Waals surface area contributed by atoms with E-state index < -0.39 is 0 Å². The molecule has 4 nitrogen and oxygen atoms in total. The van der Waals surface area contributed by atoms with Gasteiger partial charge in [0.25, 0.3) is 5.91 Å². The molecule has 1 amide bonds. The molecule has 2 aromatic carbocycles. The standard InChI is InChI=1S/C19H20N2O2S/c1-24-12-14(8-10-22)21-19(23)17-11-13-5-2-3-6-15(13)16-7-4-9-20-18(16)17/h2-7,9,11,14,22H,8,10,12H2,1H3,(H,21,23). The summed E-state index contributed by atoms with van der Waals surface area (Å²) in [6.45, 7) is 0.0578. The number of aliphatic hydroxyl groups excluding tert-OH is 1. The molecule has 24 heavy (non-hydrogen) atoms. The monoisotopic (exact) mass is 340 g/mol. The summed E-state index contributed by atoms with van der Waals surface area (Å²) in [5, 5.41) is 15.3. The molecule has 1 unspecified atom stereocenters. The van der Waals surface area contributed by atoms with E-state index in [9.17, 15) is 9.90 Å². The number of carbonyl (C=O) groups is 1. The van der Waals surface area contributed by atoms with Gasteiger partial charge >= 0.3 is 0 Å². The van der Waals surface area contributed by atoms with Crippen molar-refractivity contribution in [3.05, 3.63) is 54.2 Å². The van der Waals surface area contributed by atoms with E-state index in [-0.39, 0.29) is 18.6 Å². The summed E-state index contributed by atoms with van der Waals surface area (Å²) in [6.07, 6.45) is 4.25. The van der Waals surface area contributed by atoms with Crippen molar-refractivity contribution >= 4 is 39.3 Å². The minimum absolute atomic E-state index is 0.0530. The zero-order chi connectivity index (χ0) is 16.9. The van der Waals surface area contributed by atoms with Crippen LogP contribution in [0.2, 0.25) is 0 Å². The zero-order valence-electron chi connectivity index (χ0n) is 13.5. The molecule has 0 aliphatic rings. The van der Waals surface area contributed by atoms with Gasteiger partial charge in [0.05, 0.1) is 11.1 Å². The number of hydrogen-bond acceptors (Lipinski definition) is 4. The molecule has 1 aromatic heterocycles. The number of rotatable bonds is 6. The van der Waals surface area contributed by atoms with Gasteiger partial charge < -0.3 is 10.4 Å². The summed E-state index contributed by atoms with van der Waals surface area (Å²) in [5.74, 6) is 0.627. The highest BCUT2D eigenvalue weighted by molar-refractivity contribution is 7.98. The lowest BCUT2D eigenvalue weighted by atomic mass is 10.00. The van der Waals surface area contributed by atoms with Gasteiger partial charge in [0.2, 0.25) is 0 Å². The highest BCUT2D eigenvalue weighted by atomic mass is 32.2. The quantitative estimate of drug-likeness (QED) is 0.676. The van der Waals surface area contributed by atoms with Gasteiger partial charge in [-0.25, -0.2) is 0 Å². The lowest BCUT2D eigenvalue weighted by Crippen LogP contribution is -2.37. The Kier molecular flexibility index (Phi) is 5.33. The number of aromatic nitrogens is 1. The van der Waals surface area contributed by atoms with Gasteiger partial charge in [-0.05, 0) is 35.6 Å². The Morgan fingerprint density at radius 2 is 2.04 bits per heavy atom. The first kappa shape index (κ1) is 16.7. The van der Waals surface area contributed by atoms with Crippen molar-refractivity contribution in [1.82, 2.24) is 10.3 Å². The van der Waals surface area contributed by atoms with Gasteiger partial charge in [0.1, 0.15) is 0 Å². The third-order valence-corrected chi connectivity index (χ3v) is 4.77. The van der Waals surface area contributed by atoms with E-state index in [1.54, 1.807) is 18.0 Å².